The van der Waals surface area contributed by atoms with E-state index in [4.69, 9.17) is 4.74 Å². The number of nitrogens with one attached hydrogen (secondary N) is 1. The van der Waals surface area contributed by atoms with Crippen LogP contribution in [0.5, 0.6) is 5.75 Å². The Morgan fingerprint density at radius 2 is 1.93 bits per heavy atom. The summed E-state index contributed by atoms with van der Waals surface area (Å²) in [6, 6.07) is 14.4. The van der Waals surface area contributed by atoms with Crippen LogP contribution >= 0.6 is 0 Å². The molecule has 28 heavy (non-hydrogen) atoms. The second-order valence-electron chi connectivity index (χ2n) is 7.03. The Hall–Kier alpha value is -2.38. The number of methoxy groups -OCH3 is 1. The normalized spacial score (nSPS) is 15.6. The average Bonchev–Trinajstić information content (AvgIpc) is 3.12. The number of hydrogen-bond donors (Lipinski definition) is 1. The second-order valence-corrected chi connectivity index (χ2v) is 8.74. The van der Waals surface area contributed by atoms with Gasteiger partial charge in [-0.3, -0.25) is 4.79 Å². The van der Waals surface area contributed by atoms with Gasteiger partial charge in [-0.25, -0.2) is 13.1 Å². The quantitative estimate of drug-likeness (QED) is 0.736. The molecule has 0 saturated carbocycles. The molecule has 6 nitrogen and oxygen atoms in total. The molecule has 1 aliphatic rings. The van der Waals surface area contributed by atoms with Gasteiger partial charge in [0.15, 0.2) is 0 Å². The van der Waals surface area contributed by atoms with E-state index < -0.39 is 10.0 Å². The maximum Gasteiger partial charge on any atom is 0.240 e. The average molecular weight is 403 g/mol. The molecule has 0 aromatic heterocycles. The third-order valence-electron chi connectivity index (χ3n) is 4.89. The molecule has 7 heteroatoms. The van der Waals surface area contributed by atoms with E-state index in [1.54, 1.807) is 11.0 Å². The van der Waals surface area contributed by atoms with Crippen LogP contribution in [0, 0.1) is 0 Å². The largest absolute Gasteiger partial charge is 0.495 e. The van der Waals surface area contributed by atoms with Crippen molar-refractivity contribution in [1.82, 2.24) is 4.72 Å². The minimum absolute atomic E-state index is 0.0166. The number of benzene rings is 2. The third-order valence-corrected chi connectivity index (χ3v) is 6.48. The van der Waals surface area contributed by atoms with E-state index in [9.17, 15) is 13.2 Å². The molecule has 1 amide bonds. The van der Waals surface area contributed by atoms with Crippen molar-refractivity contribution in [2.75, 3.05) is 18.6 Å². The van der Waals surface area contributed by atoms with Crippen molar-refractivity contribution < 1.29 is 17.9 Å². The van der Waals surface area contributed by atoms with Crippen molar-refractivity contribution in [3.63, 3.8) is 0 Å². The number of anilines is 1. The number of amides is 1. The Kier molecular flexibility index (Phi) is 6.36. The van der Waals surface area contributed by atoms with E-state index in [0.717, 1.165) is 12.8 Å². The van der Waals surface area contributed by atoms with E-state index >= 15 is 0 Å². The summed E-state index contributed by atoms with van der Waals surface area (Å²) in [6.45, 7) is 2.43. The van der Waals surface area contributed by atoms with Gasteiger partial charge in [-0.2, -0.15) is 0 Å². The lowest BCUT2D eigenvalue weighted by Crippen LogP contribution is -2.33. The summed E-state index contributed by atoms with van der Waals surface area (Å²) in [7, 11) is -2.19. The third kappa shape index (κ3) is 4.72. The van der Waals surface area contributed by atoms with Crippen molar-refractivity contribution in [2.24, 2.45) is 0 Å². The number of sulfonamides is 1. The molecule has 0 aliphatic carbocycles. The van der Waals surface area contributed by atoms with Crippen LogP contribution in [0.25, 0.3) is 0 Å². The molecular formula is C21H26N2O4S. The number of rotatable bonds is 8. The molecule has 150 valence electrons. The number of carbonyl (C=O) groups is 1. The number of hydrogen-bond acceptors (Lipinski definition) is 4. The van der Waals surface area contributed by atoms with Crippen LogP contribution < -0.4 is 14.4 Å². The van der Waals surface area contributed by atoms with Crippen LogP contribution in [-0.4, -0.2) is 34.0 Å². The van der Waals surface area contributed by atoms with Gasteiger partial charge < -0.3 is 9.64 Å². The molecule has 1 aliphatic heterocycles. The van der Waals surface area contributed by atoms with Crippen LogP contribution in [0.1, 0.15) is 31.7 Å². The van der Waals surface area contributed by atoms with E-state index in [0.29, 0.717) is 30.8 Å². The summed E-state index contributed by atoms with van der Waals surface area (Å²) in [4.78, 5) is 13.8. The maximum atomic E-state index is 12.8. The summed E-state index contributed by atoms with van der Waals surface area (Å²) in [6.07, 6.45) is 2.71. The number of ether oxygens (including phenoxy) is 1. The molecule has 0 bridgehead atoms. The van der Waals surface area contributed by atoms with Gasteiger partial charge in [0.1, 0.15) is 5.75 Å². The molecule has 0 unspecified atom stereocenters. The van der Waals surface area contributed by atoms with Crippen molar-refractivity contribution in [1.29, 1.82) is 0 Å². The van der Waals surface area contributed by atoms with Crippen LogP contribution in [0.15, 0.2) is 53.4 Å². The van der Waals surface area contributed by atoms with Crippen LogP contribution in [0.4, 0.5) is 5.69 Å². The number of carbonyl (C=O) groups excluding carboxylic acids is 1. The smallest absolute Gasteiger partial charge is 0.240 e. The van der Waals surface area contributed by atoms with E-state index in [2.05, 4.69) is 4.72 Å². The Morgan fingerprint density at radius 3 is 2.57 bits per heavy atom. The zero-order valence-corrected chi connectivity index (χ0v) is 17.0. The Bertz CT molecular complexity index is 929. The number of aryl methyl sites for hydroxylation is 1. The molecule has 1 saturated heterocycles. The zero-order chi connectivity index (χ0) is 20.1. The highest BCUT2D eigenvalue weighted by Gasteiger charge is 2.27. The predicted molar refractivity (Wildman–Crippen MR) is 109 cm³/mol. The Labute approximate surface area is 166 Å². The fraction of sp³-hybridized carbons (Fsp3) is 0.381. The van der Waals surface area contributed by atoms with E-state index in [1.807, 2.05) is 37.3 Å². The molecular weight excluding hydrogens is 376 g/mol. The highest BCUT2D eigenvalue weighted by molar-refractivity contribution is 7.89. The molecule has 1 fully saturated rings. The van der Waals surface area contributed by atoms with Gasteiger partial charge >= 0.3 is 0 Å². The standard InChI is InChI=1S/C21H26N2O4S/c1-16(10-11-17-7-4-3-5-8-17)22-28(25,26)18-12-13-20(27-2)19(15-18)23-14-6-9-21(23)24/h3-5,7-8,12-13,15-16,22H,6,9-11,14H2,1-2H3/t16-/m1/s1. The minimum atomic E-state index is -3.70. The fourth-order valence-corrected chi connectivity index (χ4v) is 4.67. The lowest BCUT2D eigenvalue weighted by Gasteiger charge is -2.20. The summed E-state index contributed by atoms with van der Waals surface area (Å²) < 4.78 is 33.8. The molecule has 1 atom stereocenters. The first-order valence-corrected chi connectivity index (χ1v) is 10.9. The molecule has 0 spiro atoms. The van der Waals surface area contributed by atoms with E-state index in [1.165, 1.54) is 24.8 Å². The summed E-state index contributed by atoms with van der Waals surface area (Å²) in [5, 5.41) is 0. The topological polar surface area (TPSA) is 75.7 Å². The van der Waals surface area contributed by atoms with Gasteiger partial charge in [-0.15, -0.1) is 0 Å². The zero-order valence-electron chi connectivity index (χ0n) is 16.2. The van der Waals surface area contributed by atoms with Gasteiger partial charge in [0, 0.05) is 19.0 Å². The van der Waals surface area contributed by atoms with Crippen molar-refractivity contribution in [3.05, 3.63) is 54.1 Å². The van der Waals surface area contributed by atoms with Gasteiger partial charge in [-0.05, 0) is 49.9 Å². The van der Waals surface area contributed by atoms with Gasteiger partial charge in [0.05, 0.1) is 17.7 Å². The molecule has 2 aromatic rings. The van der Waals surface area contributed by atoms with Crippen LogP contribution in [0.2, 0.25) is 0 Å². The first-order chi connectivity index (χ1) is 13.4. The molecule has 1 heterocycles. The number of nitrogens with zero attached hydrogens (tertiary/aromatic N) is 1. The Balaban J connectivity index is 1.74. The second kappa shape index (κ2) is 8.75. The van der Waals surface area contributed by atoms with Crippen molar-refractivity contribution in [3.8, 4) is 5.75 Å². The summed E-state index contributed by atoms with van der Waals surface area (Å²) in [5.41, 5.74) is 1.68. The minimum Gasteiger partial charge on any atom is -0.495 e. The highest BCUT2D eigenvalue weighted by atomic mass is 32.2. The lowest BCUT2D eigenvalue weighted by molar-refractivity contribution is -0.117. The van der Waals surface area contributed by atoms with Crippen LogP contribution in [0.3, 0.4) is 0 Å². The first kappa shape index (κ1) is 20.4. The summed E-state index contributed by atoms with van der Waals surface area (Å²) >= 11 is 0. The van der Waals surface area contributed by atoms with Crippen molar-refractivity contribution >= 4 is 21.6 Å². The molecule has 3 rings (SSSR count). The Morgan fingerprint density at radius 1 is 1.18 bits per heavy atom. The van der Waals surface area contributed by atoms with Crippen LogP contribution in [-0.2, 0) is 21.2 Å². The molecule has 1 N–H and O–H groups in total. The lowest BCUT2D eigenvalue weighted by atomic mass is 10.1. The van der Waals surface area contributed by atoms with Gasteiger partial charge in [0.25, 0.3) is 0 Å². The highest BCUT2D eigenvalue weighted by Crippen LogP contribution is 2.33. The van der Waals surface area contributed by atoms with E-state index in [-0.39, 0.29) is 16.8 Å². The van der Waals surface area contributed by atoms with Crippen molar-refractivity contribution in [2.45, 2.75) is 43.5 Å². The fourth-order valence-electron chi connectivity index (χ4n) is 3.37. The summed E-state index contributed by atoms with van der Waals surface area (Å²) in [5.74, 6) is 0.475. The maximum absolute atomic E-state index is 12.8. The first-order valence-electron chi connectivity index (χ1n) is 9.45. The van der Waals surface area contributed by atoms with Gasteiger partial charge in [-0.1, -0.05) is 30.3 Å². The molecule has 0 radical (unpaired) electrons. The molecule has 2 aromatic carbocycles. The monoisotopic (exact) mass is 402 g/mol. The van der Waals surface area contributed by atoms with Gasteiger partial charge in [0.2, 0.25) is 15.9 Å². The SMILES string of the molecule is COc1ccc(S(=O)(=O)N[C@H](C)CCc2ccccc2)cc1N1CCCC1=O. The predicted octanol–water partition coefficient (Wildman–Crippen LogP) is 3.12.